The van der Waals surface area contributed by atoms with E-state index in [9.17, 15) is 4.79 Å². The lowest BCUT2D eigenvalue weighted by Crippen LogP contribution is -2.34. The predicted molar refractivity (Wildman–Crippen MR) is 121 cm³/mol. The van der Waals surface area contributed by atoms with E-state index in [0.29, 0.717) is 29.6 Å². The summed E-state index contributed by atoms with van der Waals surface area (Å²) >= 11 is 5.38. The lowest BCUT2D eigenvalue weighted by atomic mass is 9.95. The Morgan fingerprint density at radius 3 is 2.71 bits per heavy atom. The zero-order valence-corrected chi connectivity index (χ0v) is 18.7. The van der Waals surface area contributed by atoms with E-state index >= 15 is 0 Å². The molecule has 3 aromatic rings. The van der Waals surface area contributed by atoms with Gasteiger partial charge in [-0.3, -0.25) is 14.5 Å². The minimum atomic E-state index is -0.174. The molecular formula is C23H26N4O3S. The number of aromatic amines is 1. The minimum absolute atomic E-state index is 0.0758. The fourth-order valence-corrected chi connectivity index (χ4v) is 3.92. The summed E-state index contributed by atoms with van der Waals surface area (Å²) in [5, 5.41) is 10.3. The molecule has 2 heterocycles. The standard InChI is InChI=1S/C23H26N4O3S/c1-14(2)21(16-7-8-18-19(12-16)30-10-9-29-18)24-20(28)13-27-22(25-26-23(27)31)17-6-4-5-15(3)11-17/h4-8,11-12,14,21H,9-10,13H2,1-3H3,(H,24,28)(H,26,31). The van der Waals surface area contributed by atoms with E-state index in [2.05, 4.69) is 29.4 Å². The molecule has 0 saturated carbocycles. The van der Waals surface area contributed by atoms with Crippen LogP contribution >= 0.6 is 12.2 Å². The SMILES string of the molecule is Cc1cccc(-c2n[nH]c(=S)n2CC(=O)NC(c2ccc3c(c2)OCCO3)C(C)C)c1. The lowest BCUT2D eigenvalue weighted by molar-refractivity contribution is -0.122. The molecule has 1 aliphatic rings. The van der Waals surface area contributed by atoms with Crippen molar-refractivity contribution in [3.63, 3.8) is 0 Å². The molecule has 4 rings (SSSR count). The number of aromatic nitrogens is 3. The normalized spacial score (nSPS) is 13.8. The summed E-state index contributed by atoms with van der Waals surface area (Å²) in [6.45, 7) is 7.31. The van der Waals surface area contributed by atoms with Crippen LogP contribution in [0, 0.1) is 17.6 Å². The monoisotopic (exact) mass is 438 g/mol. The van der Waals surface area contributed by atoms with Gasteiger partial charge >= 0.3 is 0 Å². The largest absolute Gasteiger partial charge is 0.486 e. The lowest BCUT2D eigenvalue weighted by Gasteiger charge is -2.25. The third-order valence-electron chi connectivity index (χ3n) is 5.24. The highest BCUT2D eigenvalue weighted by Crippen LogP contribution is 2.34. The molecule has 2 N–H and O–H groups in total. The quantitative estimate of drug-likeness (QED) is 0.564. The number of carbonyl (C=O) groups is 1. The average Bonchev–Trinajstić information content (AvgIpc) is 3.11. The highest BCUT2D eigenvalue weighted by molar-refractivity contribution is 7.71. The van der Waals surface area contributed by atoms with Crippen LogP contribution in [0.5, 0.6) is 11.5 Å². The first-order valence-corrected chi connectivity index (χ1v) is 10.7. The number of benzene rings is 2. The maximum absolute atomic E-state index is 13.0. The summed E-state index contributed by atoms with van der Waals surface area (Å²) in [6, 6.07) is 13.6. The predicted octanol–water partition coefficient (Wildman–Crippen LogP) is 4.20. The van der Waals surface area contributed by atoms with Gasteiger partial charge in [-0.05, 0) is 48.8 Å². The van der Waals surface area contributed by atoms with Crippen LogP contribution in [0.4, 0.5) is 0 Å². The van der Waals surface area contributed by atoms with E-state index in [1.165, 1.54) is 0 Å². The number of carbonyl (C=O) groups excluding carboxylic acids is 1. The fourth-order valence-electron chi connectivity index (χ4n) is 3.72. The second kappa shape index (κ2) is 8.93. The maximum Gasteiger partial charge on any atom is 0.240 e. The van der Waals surface area contributed by atoms with Crippen LogP contribution < -0.4 is 14.8 Å². The molecule has 0 aliphatic carbocycles. The van der Waals surface area contributed by atoms with E-state index in [1.54, 1.807) is 4.57 Å². The molecule has 1 amide bonds. The van der Waals surface area contributed by atoms with E-state index in [1.807, 2.05) is 49.4 Å². The number of nitrogens with zero attached hydrogens (tertiary/aromatic N) is 2. The molecule has 8 heteroatoms. The minimum Gasteiger partial charge on any atom is -0.486 e. The van der Waals surface area contributed by atoms with Crippen molar-refractivity contribution in [2.75, 3.05) is 13.2 Å². The molecular weight excluding hydrogens is 412 g/mol. The van der Waals surface area contributed by atoms with Crippen molar-refractivity contribution < 1.29 is 14.3 Å². The van der Waals surface area contributed by atoms with Crippen LogP contribution in [-0.4, -0.2) is 33.9 Å². The van der Waals surface area contributed by atoms with Crippen LogP contribution in [-0.2, 0) is 11.3 Å². The molecule has 1 unspecified atom stereocenters. The van der Waals surface area contributed by atoms with Crippen LogP contribution in [0.25, 0.3) is 11.4 Å². The average molecular weight is 439 g/mol. The smallest absolute Gasteiger partial charge is 0.240 e. The molecule has 1 atom stereocenters. The van der Waals surface area contributed by atoms with Crippen LogP contribution in [0.2, 0.25) is 0 Å². The van der Waals surface area contributed by atoms with Crippen molar-refractivity contribution in [1.29, 1.82) is 0 Å². The van der Waals surface area contributed by atoms with E-state index in [4.69, 9.17) is 21.7 Å². The summed E-state index contributed by atoms with van der Waals surface area (Å²) in [5.74, 6) is 2.13. The van der Waals surface area contributed by atoms with Crippen molar-refractivity contribution in [3.05, 3.63) is 58.4 Å². The summed E-state index contributed by atoms with van der Waals surface area (Å²) in [7, 11) is 0. The molecule has 7 nitrogen and oxygen atoms in total. The molecule has 0 bridgehead atoms. The Labute approximate surface area is 186 Å². The van der Waals surface area contributed by atoms with Gasteiger partial charge in [-0.15, -0.1) is 0 Å². The van der Waals surface area contributed by atoms with Crippen LogP contribution in [0.1, 0.15) is 31.0 Å². The molecule has 2 aromatic carbocycles. The molecule has 1 aliphatic heterocycles. The van der Waals surface area contributed by atoms with E-state index in [0.717, 1.165) is 22.4 Å². The Kier molecular flexibility index (Phi) is 6.08. The number of amides is 1. The Bertz CT molecular complexity index is 1150. The number of hydrogen-bond acceptors (Lipinski definition) is 5. The number of nitrogens with one attached hydrogen (secondary N) is 2. The van der Waals surface area contributed by atoms with Gasteiger partial charge in [0.1, 0.15) is 19.8 Å². The van der Waals surface area contributed by atoms with Crippen molar-refractivity contribution in [1.82, 2.24) is 20.1 Å². The number of H-pyrrole nitrogens is 1. The number of fused-ring (bicyclic) bond motifs is 1. The third-order valence-corrected chi connectivity index (χ3v) is 5.56. The van der Waals surface area contributed by atoms with Crippen LogP contribution in [0.15, 0.2) is 42.5 Å². The van der Waals surface area contributed by atoms with Crippen molar-refractivity contribution in [2.45, 2.75) is 33.4 Å². The first-order chi connectivity index (χ1) is 14.9. The van der Waals surface area contributed by atoms with Crippen LogP contribution in [0.3, 0.4) is 0 Å². The molecule has 162 valence electrons. The van der Waals surface area contributed by atoms with Gasteiger partial charge in [0.15, 0.2) is 22.1 Å². The van der Waals surface area contributed by atoms with Gasteiger partial charge in [0.25, 0.3) is 0 Å². The third kappa shape index (κ3) is 4.64. The number of aryl methyl sites for hydroxylation is 1. The zero-order chi connectivity index (χ0) is 22.0. The van der Waals surface area contributed by atoms with Crippen molar-refractivity contribution >= 4 is 18.1 Å². The van der Waals surface area contributed by atoms with Gasteiger partial charge in [0.2, 0.25) is 5.91 Å². The van der Waals surface area contributed by atoms with Gasteiger partial charge in [0, 0.05) is 5.56 Å². The van der Waals surface area contributed by atoms with Gasteiger partial charge in [-0.25, -0.2) is 0 Å². The Morgan fingerprint density at radius 1 is 1.19 bits per heavy atom. The molecule has 31 heavy (non-hydrogen) atoms. The first-order valence-electron chi connectivity index (χ1n) is 10.3. The van der Waals surface area contributed by atoms with E-state index in [-0.39, 0.29) is 24.4 Å². The summed E-state index contributed by atoms with van der Waals surface area (Å²) in [6.07, 6.45) is 0. The highest BCUT2D eigenvalue weighted by atomic mass is 32.1. The Hall–Kier alpha value is -3.13. The first kappa shape index (κ1) is 21.1. The summed E-state index contributed by atoms with van der Waals surface area (Å²) in [5.41, 5.74) is 3.00. The van der Waals surface area contributed by atoms with Crippen molar-refractivity contribution in [3.8, 4) is 22.9 Å². The summed E-state index contributed by atoms with van der Waals surface area (Å²) in [4.78, 5) is 13.0. The molecule has 0 radical (unpaired) electrons. The number of hydrogen-bond donors (Lipinski definition) is 2. The van der Waals surface area contributed by atoms with Gasteiger partial charge in [-0.2, -0.15) is 5.10 Å². The maximum atomic E-state index is 13.0. The topological polar surface area (TPSA) is 81.2 Å². The molecule has 0 fully saturated rings. The second-order valence-corrected chi connectivity index (χ2v) is 8.39. The zero-order valence-electron chi connectivity index (χ0n) is 17.8. The molecule has 0 spiro atoms. The van der Waals surface area contributed by atoms with Gasteiger partial charge in [-0.1, -0.05) is 43.7 Å². The fraction of sp³-hybridized carbons (Fsp3) is 0.348. The van der Waals surface area contributed by atoms with Gasteiger partial charge in [0.05, 0.1) is 6.04 Å². The highest BCUT2D eigenvalue weighted by Gasteiger charge is 2.22. The Balaban J connectivity index is 1.55. The molecule has 0 saturated heterocycles. The second-order valence-electron chi connectivity index (χ2n) is 8.00. The van der Waals surface area contributed by atoms with Crippen molar-refractivity contribution in [2.24, 2.45) is 5.92 Å². The Morgan fingerprint density at radius 2 is 1.97 bits per heavy atom. The van der Waals surface area contributed by atoms with E-state index < -0.39 is 0 Å². The number of rotatable bonds is 6. The summed E-state index contributed by atoms with van der Waals surface area (Å²) < 4.78 is 13.4. The van der Waals surface area contributed by atoms with Gasteiger partial charge < -0.3 is 14.8 Å². The molecule has 1 aromatic heterocycles. The number of ether oxygens (including phenoxy) is 2.